The standard InChI is InChI=1S/C24H30N4O2/c1-4-29-22-15-21-20(14-23(22)30-19-10-12-28(3)13-11-19)24(26-16-25-21)27-17(2)18-8-6-5-7-9-18/h5-9,14-17,19H,4,10-13H2,1-3H3,(H,25,26,27)/t17-/m1/s1. The van der Waals surface area contributed by atoms with Crippen LogP contribution in [0.3, 0.4) is 0 Å². The van der Waals surface area contributed by atoms with Crippen molar-refractivity contribution in [1.82, 2.24) is 14.9 Å². The molecular formula is C24H30N4O2. The summed E-state index contributed by atoms with van der Waals surface area (Å²) in [6, 6.07) is 14.5. The van der Waals surface area contributed by atoms with Crippen LogP contribution in [0.2, 0.25) is 0 Å². The number of anilines is 1. The van der Waals surface area contributed by atoms with E-state index in [0.29, 0.717) is 6.61 Å². The van der Waals surface area contributed by atoms with E-state index in [2.05, 4.69) is 46.3 Å². The van der Waals surface area contributed by atoms with Crippen LogP contribution >= 0.6 is 0 Å². The Labute approximate surface area is 178 Å². The summed E-state index contributed by atoms with van der Waals surface area (Å²) in [6.07, 6.45) is 3.82. The number of piperidine rings is 1. The third kappa shape index (κ3) is 4.65. The molecule has 2 aromatic carbocycles. The topological polar surface area (TPSA) is 59.5 Å². The molecule has 0 amide bonds. The van der Waals surface area contributed by atoms with E-state index in [9.17, 15) is 0 Å². The summed E-state index contributed by atoms with van der Waals surface area (Å²) in [5.74, 6) is 2.31. The maximum atomic E-state index is 6.41. The van der Waals surface area contributed by atoms with Gasteiger partial charge in [0.15, 0.2) is 11.5 Å². The predicted molar refractivity (Wildman–Crippen MR) is 120 cm³/mol. The number of aromatic nitrogens is 2. The third-order valence-corrected chi connectivity index (χ3v) is 5.61. The minimum Gasteiger partial charge on any atom is -0.490 e. The number of likely N-dealkylation sites (tertiary alicyclic amines) is 1. The summed E-state index contributed by atoms with van der Waals surface area (Å²) in [4.78, 5) is 11.3. The highest BCUT2D eigenvalue weighted by atomic mass is 16.5. The second-order valence-electron chi connectivity index (χ2n) is 7.87. The van der Waals surface area contributed by atoms with E-state index < -0.39 is 0 Å². The number of rotatable bonds is 7. The molecule has 6 heteroatoms. The van der Waals surface area contributed by atoms with Gasteiger partial charge in [0, 0.05) is 30.6 Å². The van der Waals surface area contributed by atoms with Gasteiger partial charge in [0.1, 0.15) is 18.2 Å². The molecule has 3 aromatic rings. The van der Waals surface area contributed by atoms with Crippen molar-refractivity contribution in [2.75, 3.05) is 32.1 Å². The number of fused-ring (bicyclic) bond motifs is 1. The van der Waals surface area contributed by atoms with Crippen LogP contribution in [-0.4, -0.2) is 47.7 Å². The van der Waals surface area contributed by atoms with Gasteiger partial charge in [-0.25, -0.2) is 9.97 Å². The molecule has 1 aliphatic heterocycles. The molecular weight excluding hydrogens is 376 g/mol. The molecule has 0 radical (unpaired) electrons. The highest BCUT2D eigenvalue weighted by Gasteiger charge is 2.21. The lowest BCUT2D eigenvalue weighted by Gasteiger charge is -2.30. The fourth-order valence-corrected chi connectivity index (χ4v) is 3.85. The lowest BCUT2D eigenvalue weighted by Crippen LogP contribution is -2.35. The van der Waals surface area contributed by atoms with Crippen molar-refractivity contribution >= 4 is 16.7 Å². The summed E-state index contributed by atoms with van der Waals surface area (Å²) in [5, 5.41) is 4.47. The van der Waals surface area contributed by atoms with Crippen molar-refractivity contribution in [3.05, 3.63) is 54.4 Å². The molecule has 2 heterocycles. The van der Waals surface area contributed by atoms with E-state index in [1.165, 1.54) is 5.56 Å². The van der Waals surface area contributed by atoms with Gasteiger partial charge in [0.25, 0.3) is 0 Å². The SMILES string of the molecule is CCOc1cc2ncnc(N[C@H](C)c3ccccc3)c2cc1OC1CCN(C)CC1. The van der Waals surface area contributed by atoms with Crippen LogP contribution in [-0.2, 0) is 0 Å². The summed E-state index contributed by atoms with van der Waals surface area (Å²) in [5.41, 5.74) is 2.05. The highest BCUT2D eigenvalue weighted by molar-refractivity contribution is 5.91. The van der Waals surface area contributed by atoms with Gasteiger partial charge in [-0.2, -0.15) is 0 Å². The summed E-state index contributed by atoms with van der Waals surface area (Å²) >= 11 is 0. The first-order valence-electron chi connectivity index (χ1n) is 10.7. The maximum absolute atomic E-state index is 6.41. The van der Waals surface area contributed by atoms with E-state index in [4.69, 9.17) is 9.47 Å². The number of ether oxygens (including phenoxy) is 2. The Hall–Kier alpha value is -2.86. The van der Waals surface area contributed by atoms with Gasteiger partial charge in [-0.05, 0) is 45.4 Å². The van der Waals surface area contributed by atoms with Gasteiger partial charge >= 0.3 is 0 Å². The average Bonchev–Trinajstić information content (AvgIpc) is 2.77. The van der Waals surface area contributed by atoms with Gasteiger partial charge < -0.3 is 19.7 Å². The van der Waals surface area contributed by atoms with Crippen LogP contribution in [0.1, 0.15) is 38.3 Å². The molecule has 1 N–H and O–H groups in total. The molecule has 1 atom stereocenters. The number of nitrogens with zero attached hydrogens (tertiary/aromatic N) is 3. The zero-order valence-corrected chi connectivity index (χ0v) is 18.0. The molecule has 1 aliphatic rings. The largest absolute Gasteiger partial charge is 0.490 e. The minimum atomic E-state index is 0.120. The van der Waals surface area contributed by atoms with Gasteiger partial charge in [-0.15, -0.1) is 0 Å². The van der Waals surface area contributed by atoms with Crippen molar-refractivity contribution in [2.24, 2.45) is 0 Å². The summed E-state index contributed by atoms with van der Waals surface area (Å²) in [7, 11) is 2.15. The van der Waals surface area contributed by atoms with Crippen molar-refractivity contribution in [1.29, 1.82) is 0 Å². The number of nitrogens with one attached hydrogen (secondary N) is 1. The molecule has 6 nitrogen and oxygen atoms in total. The van der Waals surface area contributed by atoms with Crippen LogP contribution < -0.4 is 14.8 Å². The third-order valence-electron chi connectivity index (χ3n) is 5.61. The molecule has 0 saturated carbocycles. The zero-order valence-electron chi connectivity index (χ0n) is 18.0. The lowest BCUT2D eigenvalue weighted by atomic mass is 10.1. The highest BCUT2D eigenvalue weighted by Crippen LogP contribution is 2.36. The fourth-order valence-electron chi connectivity index (χ4n) is 3.85. The van der Waals surface area contributed by atoms with Crippen molar-refractivity contribution in [2.45, 2.75) is 38.8 Å². The fraction of sp³-hybridized carbons (Fsp3) is 0.417. The quantitative estimate of drug-likeness (QED) is 0.615. The predicted octanol–water partition coefficient (Wildman–Crippen LogP) is 4.67. The van der Waals surface area contributed by atoms with Crippen LogP contribution in [0.4, 0.5) is 5.82 Å². The van der Waals surface area contributed by atoms with Crippen LogP contribution in [0.25, 0.3) is 10.9 Å². The smallest absolute Gasteiger partial charge is 0.163 e. The van der Waals surface area contributed by atoms with Crippen LogP contribution in [0.5, 0.6) is 11.5 Å². The molecule has 0 spiro atoms. The van der Waals surface area contributed by atoms with Crippen molar-refractivity contribution < 1.29 is 9.47 Å². The Balaban J connectivity index is 1.65. The van der Waals surface area contributed by atoms with Gasteiger partial charge in [0.2, 0.25) is 0 Å². The second-order valence-corrected chi connectivity index (χ2v) is 7.87. The zero-order chi connectivity index (χ0) is 20.9. The molecule has 158 valence electrons. The number of hydrogen-bond donors (Lipinski definition) is 1. The Morgan fingerprint density at radius 1 is 1.10 bits per heavy atom. The van der Waals surface area contributed by atoms with Crippen molar-refractivity contribution in [3.63, 3.8) is 0 Å². The van der Waals surface area contributed by atoms with Crippen LogP contribution in [0.15, 0.2) is 48.8 Å². The van der Waals surface area contributed by atoms with Crippen LogP contribution in [0, 0.1) is 0 Å². The number of benzene rings is 2. The monoisotopic (exact) mass is 406 g/mol. The molecule has 30 heavy (non-hydrogen) atoms. The first-order chi connectivity index (χ1) is 14.6. The first-order valence-corrected chi connectivity index (χ1v) is 10.7. The number of hydrogen-bond acceptors (Lipinski definition) is 6. The molecule has 4 rings (SSSR count). The van der Waals surface area contributed by atoms with E-state index in [1.807, 2.05) is 37.3 Å². The summed E-state index contributed by atoms with van der Waals surface area (Å²) in [6.45, 7) is 6.79. The average molecular weight is 407 g/mol. The summed E-state index contributed by atoms with van der Waals surface area (Å²) < 4.78 is 12.3. The Morgan fingerprint density at radius 3 is 2.60 bits per heavy atom. The van der Waals surface area contributed by atoms with Gasteiger partial charge in [-0.1, -0.05) is 30.3 Å². The Bertz CT molecular complexity index is 972. The lowest BCUT2D eigenvalue weighted by molar-refractivity contribution is 0.110. The maximum Gasteiger partial charge on any atom is 0.163 e. The van der Waals surface area contributed by atoms with E-state index in [-0.39, 0.29) is 12.1 Å². The Kier molecular flexibility index (Phi) is 6.33. The normalized spacial score (nSPS) is 16.4. The molecule has 1 saturated heterocycles. The van der Waals surface area contributed by atoms with Gasteiger partial charge in [0.05, 0.1) is 12.1 Å². The molecule has 0 unspecified atom stereocenters. The molecule has 0 aliphatic carbocycles. The molecule has 1 fully saturated rings. The van der Waals surface area contributed by atoms with E-state index >= 15 is 0 Å². The second kappa shape index (κ2) is 9.30. The first kappa shape index (κ1) is 20.4. The molecule has 0 bridgehead atoms. The van der Waals surface area contributed by atoms with Crippen molar-refractivity contribution in [3.8, 4) is 11.5 Å². The molecule has 1 aromatic heterocycles. The minimum absolute atomic E-state index is 0.120. The van der Waals surface area contributed by atoms with E-state index in [1.54, 1.807) is 6.33 Å². The van der Waals surface area contributed by atoms with E-state index in [0.717, 1.165) is 54.2 Å². The Morgan fingerprint density at radius 2 is 1.87 bits per heavy atom. The van der Waals surface area contributed by atoms with Gasteiger partial charge in [-0.3, -0.25) is 0 Å².